The van der Waals surface area contributed by atoms with Crippen molar-refractivity contribution in [1.82, 2.24) is 9.80 Å². The molecule has 1 unspecified atom stereocenters. The lowest BCUT2D eigenvalue weighted by Crippen LogP contribution is -2.46. The van der Waals surface area contributed by atoms with Crippen molar-refractivity contribution in [2.24, 2.45) is 0 Å². The van der Waals surface area contributed by atoms with E-state index < -0.39 is 6.09 Å². The van der Waals surface area contributed by atoms with Crippen molar-refractivity contribution in [3.63, 3.8) is 0 Å². The Labute approximate surface area is 138 Å². The van der Waals surface area contributed by atoms with E-state index in [1.807, 2.05) is 37.4 Å². The Kier molecular flexibility index (Phi) is 6.44. The molecular formula is C18H26N2O3. The lowest BCUT2D eigenvalue weighted by Gasteiger charge is -2.27. The van der Waals surface area contributed by atoms with Crippen molar-refractivity contribution in [3.8, 4) is 0 Å². The molecule has 1 atom stereocenters. The van der Waals surface area contributed by atoms with Gasteiger partial charge >= 0.3 is 6.09 Å². The van der Waals surface area contributed by atoms with E-state index in [1.54, 1.807) is 9.80 Å². The first-order chi connectivity index (χ1) is 11.1. The summed E-state index contributed by atoms with van der Waals surface area (Å²) in [5.41, 5.74) is 0.947. The van der Waals surface area contributed by atoms with Crippen LogP contribution in [0, 0.1) is 0 Å². The van der Waals surface area contributed by atoms with Gasteiger partial charge in [-0.3, -0.25) is 9.69 Å². The van der Waals surface area contributed by atoms with Crippen LogP contribution in [0.5, 0.6) is 0 Å². The van der Waals surface area contributed by atoms with Crippen molar-refractivity contribution < 1.29 is 14.3 Å². The fraction of sp³-hybridized carbons (Fsp3) is 0.556. The normalized spacial score (nSPS) is 17.1. The van der Waals surface area contributed by atoms with Gasteiger partial charge in [0.1, 0.15) is 12.6 Å². The maximum absolute atomic E-state index is 12.5. The maximum atomic E-state index is 12.5. The van der Waals surface area contributed by atoms with E-state index >= 15 is 0 Å². The lowest BCUT2D eigenvalue weighted by molar-refractivity contribution is -0.134. The van der Waals surface area contributed by atoms with Crippen LogP contribution in [0.3, 0.4) is 0 Å². The fourth-order valence-electron chi connectivity index (χ4n) is 2.80. The molecule has 1 saturated heterocycles. The number of benzene rings is 1. The average molecular weight is 318 g/mol. The molecule has 1 aliphatic rings. The lowest BCUT2D eigenvalue weighted by atomic mass is 10.2. The molecule has 0 saturated carbocycles. The molecule has 23 heavy (non-hydrogen) atoms. The minimum atomic E-state index is -0.395. The predicted octanol–water partition coefficient (Wildman–Crippen LogP) is 3.05. The summed E-state index contributed by atoms with van der Waals surface area (Å²) in [6, 6.07) is 9.20. The van der Waals surface area contributed by atoms with E-state index in [2.05, 4.69) is 6.92 Å². The van der Waals surface area contributed by atoms with Crippen LogP contribution in [0.2, 0.25) is 0 Å². The number of carbonyl (C=O) groups is 2. The maximum Gasteiger partial charge on any atom is 0.410 e. The number of nitrogens with zero attached hydrogens (tertiary/aromatic N) is 2. The first kappa shape index (κ1) is 17.3. The molecular weight excluding hydrogens is 292 g/mol. The van der Waals surface area contributed by atoms with Crippen LogP contribution < -0.4 is 0 Å². The highest BCUT2D eigenvalue weighted by Crippen LogP contribution is 2.20. The molecule has 0 aliphatic carbocycles. The quantitative estimate of drug-likeness (QED) is 0.810. The zero-order chi connectivity index (χ0) is 16.7. The van der Waals surface area contributed by atoms with Crippen molar-refractivity contribution in [1.29, 1.82) is 0 Å². The molecule has 5 nitrogen and oxygen atoms in total. The van der Waals surface area contributed by atoms with Crippen molar-refractivity contribution >= 4 is 12.0 Å². The van der Waals surface area contributed by atoms with Crippen LogP contribution in [0.1, 0.15) is 38.2 Å². The summed E-state index contributed by atoms with van der Waals surface area (Å²) in [6.45, 7) is 3.66. The monoisotopic (exact) mass is 318 g/mol. The largest absolute Gasteiger partial charge is 0.445 e. The topological polar surface area (TPSA) is 49.9 Å². The van der Waals surface area contributed by atoms with E-state index in [4.69, 9.17) is 4.74 Å². The van der Waals surface area contributed by atoms with Crippen molar-refractivity contribution in [2.45, 2.75) is 45.3 Å². The van der Waals surface area contributed by atoms with Crippen LogP contribution in [0.4, 0.5) is 4.79 Å². The van der Waals surface area contributed by atoms with Gasteiger partial charge in [0.2, 0.25) is 5.91 Å². The van der Waals surface area contributed by atoms with Gasteiger partial charge < -0.3 is 9.64 Å². The number of hydrogen-bond donors (Lipinski definition) is 0. The van der Waals surface area contributed by atoms with Gasteiger partial charge in [0, 0.05) is 20.1 Å². The number of ether oxygens (including phenoxy) is 1. The summed E-state index contributed by atoms with van der Waals surface area (Å²) >= 11 is 0. The Morgan fingerprint density at radius 3 is 2.74 bits per heavy atom. The Balaban J connectivity index is 1.89. The first-order valence-corrected chi connectivity index (χ1v) is 8.35. The Hall–Kier alpha value is -2.04. The minimum absolute atomic E-state index is 0.0209. The van der Waals surface area contributed by atoms with Crippen LogP contribution in [0.15, 0.2) is 30.3 Å². The van der Waals surface area contributed by atoms with Crippen LogP contribution in [-0.2, 0) is 16.1 Å². The number of rotatable bonds is 6. The van der Waals surface area contributed by atoms with Crippen LogP contribution in [0.25, 0.3) is 0 Å². The highest BCUT2D eigenvalue weighted by molar-refractivity contribution is 5.86. The van der Waals surface area contributed by atoms with E-state index in [1.165, 1.54) is 0 Å². The van der Waals surface area contributed by atoms with E-state index in [0.29, 0.717) is 6.54 Å². The average Bonchev–Trinajstić information content (AvgIpc) is 3.07. The zero-order valence-electron chi connectivity index (χ0n) is 14.0. The molecule has 1 aromatic rings. The van der Waals surface area contributed by atoms with E-state index in [9.17, 15) is 9.59 Å². The predicted molar refractivity (Wildman–Crippen MR) is 88.9 cm³/mol. The molecule has 0 N–H and O–H groups in total. The summed E-state index contributed by atoms with van der Waals surface area (Å²) in [6.07, 6.45) is 3.20. The highest BCUT2D eigenvalue weighted by atomic mass is 16.6. The highest BCUT2D eigenvalue weighted by Gasteiger charge is 2.36. The van der Waals surface area contributed by atoms with Crippen LogP contribution in [-0.4, -0.2) is 48.0 Å². The Bertz CT molecular complexity index is 518. The third-order valence-electron chi connectivity index (χ3n) is 4.20. The SMILES string of the molecule is CCCCN(C)C(=O)C1CCCN1C(=O)OCc1ccccc1. The van der Waals surface area contributed by atoms with Gasteiger partial charge in [0.25, 0.3) is 0 Å². The summed E-state index contributed by atoms with van der Waals surface area (Å²) < 4.78 is 5.37. The molecule has 0 radical (unpaired) electrons. The van der Waals surface area contributed by atoms with E-state index in [0.717, 1.165) is 37.8 Å². The number of unbranched alkanes of at least 4 members (excludes halogenated alkanes) is 1. The summed E-state index contributed by atoms with van der Waals surface area (Å²) in [7, 11) is 1.81. The molecule has 2 rings (SSSR count). The van der Waals surface area contributed by atoms with Gasteiger partial charge in [-0.15, -0.1) is 0 Å². The molecule has 1 fully saturated rings. The molecule has 0 spiro atoms. The molecule has 1 heterocycles. The smallest absolute Gasteiger partial charge is 0.410 e. The Morgan fingerprint density at radius 1 is 1.30 bits per heavy atom. The van der Waals surface area contributed by atoms with Gasteiger partial charge in [-0.25, -0.2) is 4.79 Å². The number of hydrogen-bond acceptors (Lipinski definition) is 3. The van der Waals surface area contributed by atoms with Gasteiger partial charge in [-0.2, -0.15) is 0 Å². The van der Waals surface area contributed by atoms with Gasteiger partial charge in [-0.1, -0.05) is 43.7 Å². The number of carbonyl (C=O) groups excluding carboxylic acids is 2. The van der Waals surface area contributed by atoms with Crippen molar-refractivity contribution in [2.75, 3.05) is 20.1 Å². The number of amides is 2. The second-order valence-corrected chi connectivity index (χ2v) is 6.00. The molecule has 0 bridgehead atoms. The van der Waals surface area contributed by atoms with Gasteiger partial charge in [0.15, 0.2) is 0 Å². The summed E-state index contributed by atoms with van der Waals surface area (Å²) in [5.74, 6) is 0.0209. The molecule has 0 aromatic heterocycles. The standard InChI is InChI=1S/C18H26N2O3/c1-3-4-12-19(2)17(21)16-11-8-13-20(16)18(22)23-14-15-9-6-5-7-10-15/h5-7,9-10,16H,3-4,8,11-14H2,1-2H3. The van der Waals surface area contributed by atoms with Gasteiger partial charge in [0.05, 0.1) is 0 Å². The van der Waals surface area contributed by atoms with Gasteiger partial charge in [-0.05, 0) is 24.8 Å². The number of likely N-dealkylation sites (tertiary alicyclic amines) is 1. The van der Waals surface area contributed by atoms with Crippen molar-refractivity contribution in [3.05, 3.63) is 35.9 Å². The summed E-state index contributed by atoms with van der Waals surface area (Å²) in [5, 5.41) is 0. The van der Waals surface area contributed by atoms with E-state index in [-0.39, 0.29) is 18.6 Å². The minimum Gasteiger partial charge on any atom is -0.445 e. The first-order valence-electron chi connectivity index (χ1n) is 8.35. The molecule has 1 aliphatic heterocycles. The second-order valence-electron chi connectivity index (χ2n) is 6.00. The fourth-order valence-corrected chi connectivity index (χ4v) is 2.80. The third kappa shape index (κ3) is 4.71. The summed E-state index contributed by atoms with van der Waals surface area (Å²) in [4.78, 5) is 28.1. The molecule has 1 aromatic carbocycles. The molecule has 5 heteroatoms. The second kappa shape index (κ2) is 8.56. The number of likely N-dealkylation sites (N-methyl/N-ethyl adjacent to an activating group) is 1. The Morgan fingerprint density at radius 2 is 2.04 bits per heavy atom. The van der Waals surface area contributed by atoms with Crippen LogP contribution >= 0.6 is 0 Å². The third-order valence-corrected chi connectivity index (χ3v) is 4.20. The molecule has 2 amide bonds. The zero-order valence-corrected chi connectivity index (χ0v) is 14.0. The molecule has 126 valence electrons.